The highest BCUT2D eigenvalue weighted by Gasteiger charge is 2.20. The number of rotatable bonds is 4. The van der Waals surface area contributed by atoms with Crippen molar-refractivity contribution in [3.8, 4) is 5.88 Å². The molecular formula is C13H19ClN2O. The smallest absolute Gasteiger partial charge is 0.233 e. The van der Waals surface area contributed by atoms with Crippen molar-refractivity contribution in [3.63, 3.8) is 0 Å². The number of hydrogen-bond donors (Lipinski definition) is 1. The highest BCUT2D eigenvalue weighted by molar-refractivity contribution is 6.31. The Kier molecular flexibility index (Phi) is 3.59. The molecule has 0 radical (unpaired) electrons. The fourth-order valence-electron chi connectivity index (χ4n) is 1.48. The maximum atomic E-state index is 6.15. The van der Waals surface area contributed by atoms with Crippen LogP contribution in [0.5, 0.6) is 5.88 Å². The molecule has 1 aromatic rings. The van der Waals surface area contributed by atoms with E-state index in [1.165, 1.54) is 12.8 Å². The minimum Gasteiger partial charge on any atom is -0.471 e. The van der Waals surface area contributed by atoms with Gasteiger partial charge in [-0.1, -0.05) is 11.6 Å². The van der Waals surface area contributed by atoms with Crippen LogP contribution in [0, 0.1) is 0 Å². The minimum absolute atomic E-state index is 0.273. The summed E-state index contributed by atoms with van der Waals surface area (Å²) in [6.07, 6.45) is 4.39. The summed E-state index contributed by atoms with van der Waals surface area (Å²) in [5, 5.41) is 4.01. The molecule has 94 valence electrons. The van der Waals surface area contributed by atoms with E-state index < -0.39 is 0 Å². The second-order valence-corrected chi connectivity index (χ2v) is 5.91. The lowest BCUT2D eigenvalue weighted by molar-refractivity contribution is 0.124. The molecule has 3 nitrogen and oxygen atoms in total. The van der Waals surface area contributed by atoms with E-state index in [1.54, 1.807) is 0 Å². The third-order valence-corrected chi connectivity index (χ3v) is 2.71. The number of hydrogen-bond acceptors (Lipinski definition) is 3. The third kappa shape index (κ3) is 4.17. The highest BCUT2D eigenvalue weighted by atomic mass is 35.5. The summed E-state index contributed by atoms with van der Waals surface area (Å²) in [5.74, 6) is 0.509. The maximum Gasteiger partial charge on any atom is 0.233 e. The van der Waals surface area contributed by atoms with E-state index in [-0.39, 0.29) is 5.60 Å². The second-order valence-electron chi connectivity index (χ2n) is 5.50. The molecule has 1 aliphatic carbocycles. The molecule has 1 saturated carbocycles. The van der Waals surface area contributed by atoms with Gasteiger partial charge in [-0.3, -0.25) is 0 Å². The van der Waals surface area contributed by atoms with Gasteiger partial charge in [0.2, 0.25) is 5.88 Å². The second kappa shape index (κ2) is 4.83. The molecule has 0 spiro atoms. The van der Waals surface area contributed by atoms with E-state index in [4.69, 9.17) is 16.3 Å². The lowest BCUT2D eigenvalue weighted by Gasteiger charge is -2.21. The summed E-state index contributed by atoms with van der Waals surface area (Å²) >= 11 is 6.15. The number of halogens is 1. The van der Waals surface area contributed by atoms with Crippen LogP contribution in [0.3, 0.4) is 0 Å². The average molecular weight is 255 g/mol. The number of nitrogens with one attached hydrogen (secondary N) is 1. The van der Waals surface area contributed by atoms with Gasteiger partial charge in [0.15, 0.2) is 0 Å². The third-order valence-electron chi connectivity index (χ3n) is 2.44. The maximum absolute atomic E-state index is 6.15. The predicted octanol–water partition coefficient (Wildman–Crippen LogP) is 3.16. The van der Waals surface area contributed by atoms with Crippen molar-refractivity contribution >= 4 is 11.6 Å². The summed E-state index contributed by atoms with van der Waals surface area (Å²) in [6, 6.07) is 2.62. The van der Waals surface area contributed by atoms with Crippen molar-refractivity contribution in [2.24, 2.45) is 0 Å². The molecule has 1 aromatic heterocycles. The topological polar surface area (TPSA) is 34.1 Å². The van der Waals surface area contributed by atoms with Crippen molar-refractivity contribution in [2.45, 2.75) is 51.8 Å². The first-order valence-electron chi connectivity index (χ1n) is 6.01. The van der Waals surface area contributed by atoms with Crippen LogP contribution in [0.25, 0.3) is 0 Å². The molecule has 0 bridgehead atoms. The van der Waals surface area contributed by atoms with Gasteiger partial charge < -0.3 is 10.1 Å². The van der Waals surface area contributed by atoms with Crippen LogP contribution in [0.4, 0.5) is 0 Å². The Bertz CT molecular complexity index is 397. The van der Waals surface area contributed by atoms with Gasteiger partial charge in [0.25, 0.3) is 0 Å². The number of nitrogens with zero attached hydrogens (tertiary/aromatic N) is 1. The van der Waals surface area contributed by atoms with Crippen molar-refractivity contribution in [1.29, 1.82) is 0 Å². The molecule has 0 amide bonds. The molecule has 2 rings (SSSR count). The number of pyridine rings is 1. The van der Waals surface area contributed by atoms with Gasteiger partial charge >= 0.3 is 0 Å². The molecule has 1 N–H and O–H groups in total. The van der Waals surface area contributed by atoms with Gasteiger partial charge in [-0.2, -0.15) is 0 Å². The Morgan fingerprint density at radius 3 is 2.71 bits per heavy atom. The minimum atomic E-state index is -0.273. The fraction of sp³-hybridized carbons (Fsp3) is 0.615. The zero-order valence-electron chi connectivity index (χ0n) is 10.6. The van der Waals surface area contributed by atoms with Crippen LogP contribution in [-0.2, 0) is 6.54 Å². The lowest BCUT2D eigenvalue weighted by atomic mass is 10.2. The van der Waals surface area contributed by atoms with Crippen molar-refractivity contribution in [2.75, 3.05) is 0 Å². The zero-order chi connectivity index (χ0) is 12.5. The Labute approximate surface area is 108 Å². The molecule has 1 fully saturated rings. The van der Waals surface area contributed by atoms with Crippen molar-refractivity contribution in [3.05, 3.63) is 22.8 Å². The van der Waals surface area contributed by atoms with Crippen LogP contribution in [0.1, 0.15) is 39.2 Å². The summed E-state index contributed by atoms with van der Waals surface area (Å²) in [7, 11) is 0. The van der Waals surface area contributed by atoms with Gasteiger partial charge in [0.1, 0.15) is 10.6 Å². The summed E-state index contributed by atoms with van der Waals surface area (Å²) in [4.78, 5) is 4.27. The van der Waals surface area contributed by atoms with Gasteiger partial charge in [0.05, 0.1) is 0 Å². The van der Waals surface area contributed by atoms with Crippen LogP contribution in [0.15, 0.2) is 12.3 Å². The fourth-order valence-corrected chi connectivity index (χ4v) is 1.70. The van der Waals surface area contributed by atoms with E-state index in [2.05, 4.69) is 10.3 Å². The molecule has 0 unspecified atom stereocenters. The van der Waals surface area contributed by atoms with E-state index in [9.17, 15) is 0 Å². The standard InChI is InChI=1S/C13H19ClN2O/c1-13(2,3)17-12-11(14)6-9(8-16-12)7-15-10-4-5-10/h6,8,10,15H,4-5,7H2,1-3H3. The van der Waals surface area contributed by atoms with E-state index in [0.717, 1.165) is 12.1 Å². The van der Waals surface area contributed by atoms with Crippen LogP contribution < -0.4 is 10.1 Å². The number of aromatic nitrogens is 1. The van der Waals surface area contributed by atoms with Crippen molar-refractivity contribution in [1.82, 2.24) is 10.3 Å². The SMILES string of the molecule is CC(C)(C)Oc1ncc(CNC2CC2)cc1Cl. The van der Waals surface area contributed by atoms with E-state index in [0.29, 0.717) is 16.9 Å². The van der Waals surface area contributed by atoms with Gasteiger partial charge in [0, 0.05) is 18.8 Å². The largest absolute Gasteiger partial charge is 0.471 e. The normalized spacial score (nSPS) is 16.0. The van der Waals surface area contributed by atoms with Gasteiger partial charge in [-0.15, -0.1) is 0 Å². The van der Waals surface area contributed by atoms with E-state index >= 15 is 0 Å². The summed E-state index contributed by atoms with van der Waals surface area (Å²) < 4.78 is 5.66. The van der Waals surface area contributed by atoms with Gasteiger partial charge in [-0.25, -0.2) is 4.98 Å². The zero-order valence-corrected chi connectivity index (χ0v) is 11.3. The number of ether oxygens (including phenoxy) is 1. The molecule has 0 aromatic carbocycles. The molecule has 0 saturated heterocycles. The van der Waals surface area contributed by atoms with Gasteiger partial charge in [-0.05, 0) is 45.2 Å². The molecular weight excluding hydrogens is 236 g/mol. The Morgan fingerprint density at radius 2 is 2.18 bits per heavy atom. The Morgan fingerprint density at radius 1 is 1.47 bits per heavy atom. The van der Waals surface area contributed by atoms with E-state index in [1.807, 2.05) is 33.0 Å². The van der Waals surface area contributed by atoms with Crippen LogP contribution in [-0.4, -0.2) is 16.6 Å². The van der Waals surface area contributed by atoms with Crippen LogP contribution in [0.2, 0.25) is 5.02 Å². The molecule has 1 aliphatic rings. The summed E-state index contributed by atoms with van der Waals surface area (Å²) in [5.41, 5.74) is 0.827. The van der Waals surface area contributed by atoms with Crippen molar-refractivity contribution < 1.29 is 4.74 Å². The van der Waals surface area contributed by atoms with Crippen LogP contribution >= 0.6 is 11.6 Å². The lowest BCUT2D eigenvalue weighted by Crippen LogP contribution is -2.24. The Hall–Kier alpha value is -0.800. The predicted molar refractivity (Wildman–Crippen MR) is 69.5 cm³/mol. The molecule has 1 heterocycles. The quantitative estimate of drug-likeness (QED) is 0.896. The summed E-state index contributed by atoms with van der Waals surface area (Å²) in [6.45, 7) is 6.77. The Balaban J connectivity index is 1.99. The molecule has 17 heavy (non-hydrogen) atoms. The first-order chi connectivity index (χ1) is 7.94. The monoisotopic (exact) mass is 254 g/mol. The first-order valence-corrected chi connectivity index (χ1v) is 6.39. The molecule has 4 heteroatoms. The average Bonchev–Trinajstić information content (AvgIpc) is 3.00. The highest BCUT2D eigenvalue weighted by Crippen LogP contribution is 2.26. The first kappa shape index (κ1) is 12.7. The molecule has 0 aliphatic heterocycles. The molecule has 0 atom stereocenters.